The van der Waals surface area contributed by atoms with Gasteiger partial charge in [0.2, 0.25) is 0 Å². The van der Waals surface area contributed by atoms with E-state index in [1.807, 2.05) is 61.5 Å². The van der Waals surface area contributed by atoms with E-state index in [-0.39, 0.29) is 5.69 Å². The molecular formula is C20H17N3O2. The molecule has 0 radical (unpaired) electrons. The molecule has 5 heteroatoms. The first kappa shape index (κ1) is 16.4. The minimum atomic E-state index is -0.421. The fourth-order valence-electron chi connectivity index (χ4n) is 2.43. The van der Waals surface area contributed by atoms with Gasteiger partial charge in [-0.25, -0.2) is 4.99 Å². The first-order valence-corrected chi connectivity index (χ1v) is 7.85. The average molecular weight is 331 g/mol. The zero-order chi connectivity index (χ0) is 17.6. The van der Waals surface area contributed by atoms with Crippen molar-refractivity contribution in [2.24, 2.45) is 4.99 Å². The van der Waals surface area contributed by atoms with Gasteiger partial charge < -0.3 is 5.32 Å². The van der Waals surface area contributed by atoms with Gasteiger partial charge in [0.25, 0.3) is 5.69 Å². The van der Waals surface area contributed by atoms with Crippen LogP contribution in [-0.4, -0.2) is 10.8 Å². The van der Waals surface area contributed by atoms with Crippen molar-refractivity contribution in [1.82, 2.24) is 0 Å². The van der Waals surface area contributed by atoms with Crippen LogP contribution in [0.3, 0.4) is 0 Å². The maximum absolute atomic E-state index is 11.3. The van der Waals surface area contributed by atoms with Gasteiger partial charge in [0.1, 0.15) is 11.5 Å². The van der Waals surface area contributed by atoms with Crippen LogP contribution in [0.5, 0.6) is 0 Å². The SMILES string of the molecule is Cc1ccccc1NC(=Nc1ccccc1[N+](=O)[O-])c1ccccc1. The zero-order valence-electron chi connectivity index (χ0n) is 13.7. The van der Waals surface area contributed by atoms with Crippen molar-refractivity contribution in [1.29, 1.82) is 0 Å². The molecule has 0 heterocycles. The molecule has 1 N–H and O–H groups in total. The lowest BCUT2D eigenvalue weighted by molar-refractivity contribution is -0.384. The summed E-state index contributed by atoms with van der Waals surface area (Å²) in [5.41, 5.74) is 3.11. The number of hydrogen-bond donors (Lipinski definition) is 1. The molecule has 0 saturated carbocycles. The van der Waals surface area contributed by atoms with Crippen molar-refractivity contribution < 1.29 is 4.92 Å². The minimum absolute atomic E-state index is 0.0254. The van der Waals surface area contributed by atoms with E-state index in [0.29, 0.717) is 11.5 Å². The molecule has 0 aliphatic carbocycles. The lowest BCUT2D eigenvalue weighted by Gasteiger charge is -2.12. The molecule has 3 rings (SSSR count). The molecular weight excluding hydrogens is 314 g/mol. The Labute approximate surface area is 145 Å². The van der Waals surface area contributed by atoms with Gasteiger partial charge in [0.05, 0.1) is 4.92 Å². The van der Waals surface area contributed by atoms with Crippen LogP contribution in [0.4, 0.5) is 17.1 Å². The molecule has 3 aromatic carbocycles. The Hall–Kier alpha value is -3.47. The second kappa shape index (κ2) is 7.40. The number of rotatable bonds is 4. The topological polar surface area (TPSA) is 67.5 Å². The number of anilines is 1. The Kier molecular flexibility index (Phi) is 4.85. The Morgan fingerprint density at radius 2 is 1.56 bits per heavy atom. The lowest BCUT2D eigenvalue weighted by Crippen LogP contribution is -2.14. The number of nitrogens with zero attached hydrogens (tertiary/aromatic N) is 2. The number of amidine groups is 1. The van der Waals surface area contributed by atoms with Gasteiger partial charge in [0, 0.05) is 17.3 Å². The summed E-state index contributed by atoms with van der Waals surface area (Å²) in [5.74, 6) is 0.559. The Bertz CT molecular complexity index is 921. The Morgan fingerprint density at radius 3 is 2.28 bits per heavy atom. The van der Waals surface area contributed by atoms with Crippen LogP contribution in [0.1, 0.15) is 11.1 Å². The van der Waals surface area contributed by atoms with Crippen LogP contribution in [0.25, 0.3) is 0 Å². The van der Waals surface area contributed by atoms with Gasteiger partial charge in [-0.15, -0.1) is 0 Å². The van der Waals surface area contributed by atoms with Gasteiger partial charge in [-0.3, -0.25) is 10.1 Å². The zero-order valence-corrected chi connectivity index (χ0v) is 13.7. The van der Waals surface area contributed by atoms with Crippen molar-refractivity contribution in [3.05, 3.63) is 100 Å². The molecule has 0 spiro atoms. The predicted octanol–water partition coefficient (Wildman–Crippen LogP) is 5.09. The highest BCUT2D eigenvalue weighted by atomic mass is 16.6. The number of nitrogens with one attached hydrogen (secondary N) is 1. The fraction of sp³-hybridized carbons (Fsp3) is 0.0500. The summed E-state index contributed by atoms with van der Waals surface area (Å²) < 4.78 is 0. The molecule has 0 saturated heterocycles. The maximum Gasteiger partial charge on any atom is 0.294 e. The molecule has 0 atom stereocenters. The molecule has 0 aromatic heterocycles. The Morgan fingerprint density at radius 1 is 0.920 bits per heavy atom. The van der Waals surface area contributed by atoms with Crippen molar-refractivity contribution >= 4 is 22.9 Å². The van der Waals surface area contributed by atoms with Crippen molar-refractivity contribution in [2.45, 2.75) is 6.92 Å². The largest absolute Gasteiger partial charge is 0.339 e. The van der Waals surface area contributed by atoms with E-state index in [1.165, 1.54) is 6.07 Å². The van der Waals surface area contributed by atoms with E-state index in [2.05, 4.69) is 10.3 Å². The molecule has 0 aliphatic rings. The summed E-state index contributed by atoms with van der Waals surface area (Å²) in [6.07, 6.45) is 0. The van der Waals surface area contributed by atoms with Crippen molar-refractivity contribution in [2.75, 3.05) is 5.32 Å². The smallest absolute Gasteiger partial charge is 0.294 e. The molecule has 0 aliphatic heterocycles. The number of aryl methyl sites for hydroxylation is 1. The van der Waals surface area contributed by atoms with Gasteiger partial charge in [0.15, 0.2) is 0 Å². The van der Waals surface area contributed by atoms with Gasteiger partial charge in [-0.2, -0.15) is 0 Å². The predicted molar refractivity (Wildman–Crippen MR) is 101 cm³/mol. The van der Waals surface area contributed by atoms with Crippen LogP contribution in [0.15, 0.2) is 83.9 Å². The monoisotopic (exact) mass is 331 g/mol. The normalized spacial score (nSPS) is 11.2. The van der Waals surface area contributed by atoms with E-state index in [0.717, 1.165) is 16.8 Å². The highest BCUT2D eigenvalue weighted by Crippen LogP contribution is 2.27. The molecule has 3 aromatic rings. The highest BCUT2D eigenvalue weighted by molar-refractivity contribution is 6.10. The minimum Gasteiger partial charge on any atom is -0.339 e. The number of nitro groups is 1. The third-order valence-electron chi connectivity index (χ3n) is 3.76. The van der Waals surface area contributed by atoms with Gasteiger partial charge in [-0.05, 0) is 24.6 Å². The summed E-state index contributed by atoms with van der Waals surface area (Å²) in [4.78, 5) is 15.4. The summed E-state index contributed by atoms with van der Waals surface area (Å²) in [6.45, 7) is 2.00. The summed E-state index contributed by atoms with van der Waals surface area (Å²) in [5, 5.41) is 14.6. The third kappa shape index (κ3) is 3.90. The van der Waals surface area contributed by atoms with Crippen molar-refractivity contribution in [3.8, 4) is 0 Å². The molecule has 25 heavy (non-hydrogen) atoms. The van der Waals surface area contributed by atoms with E-state index >= 15 is 0 Å². The lowest BCUT2D eigenvalue weighted by atomic mass is 10.1. The Balaban J connectivity index is 2.09. The van der Waals surface area contributed by atoms with Crippen LogP contribution in [0.2, 0.25) is 0 Å². The number of nitro benzene ring substituents is 1. The molecule has 0 bridgehead atoms. The second-order valence-electron chi connectivity index (χ2n) is 5.51. The highest BCUT2D eigenvalue weighted by Gasteiger charge is 2.14. The first-order valence-electron chi connectivity index (χ1n) is 7.85. The fourth-order valence-corrected chi connectivity index (χ4v) is 2.43. The van der Waals surface area contributed by atoms with Gasteiger partial charge in [-0.1, -0.05) is 60.7 Å². The van der Waals surface area contributed by atoms with Crippen LogP contribution in [0, 0.1) is 17.0 Å². The number of aliphatic imine (C=N–C) groups is 1. The third-order valence-corrected chi connectivity index (χ3v) is 3.76. The second-order valence-corrected chi connectivity index (χ2v) is 5.51. The summed E-state index contributed by atoms with van der Waals surface area (Å²) in [6, 6.07) is 23.9. The summed E-state index contributed by atoms with van der Waals surface area (Å²) in [7, 11) is 0. The number of hydrogen-bond acceptors (Lipinski definition) is 3. The molecule has 0 fully saturated rings. The molecule has 124 valence electrons. The van der Waals surface area contributed by atoms with Gasteiger partial charge >= 0.3 is 0 Å². The quantitative estimate of drug-likeness (QED) is 0.313. The molecule has 0 amide bonds. The van der Waals surface area contributed by atoms with Crippen LogP contribution >= 0.6 is 0 Å². The molecule has 0 unspecified atom stereocenters. The first-order chi connectivity index (χ1) is 12.1. The van der Waals surface area contributed by atoms with Crippen molar-refractivity contribution in [3.63, 3.8) is 0 Å². The number of benzene rings is 3. The average Bonchev–Trinajstić information content (AvgIpc) is 2.64. The molecule has 5 nitrogen and oxygen atoms in total. The standard InChI is InChI=1S/C20H17N3O2/c1-15-9-5-6-12-17(15)21-20(16-10-3-2-4-11-16)22-18-13-7-8-14-19(18)23(24)25/h2-14H,1H3,(H,21,22). The number of para-hydroxylation sites is 3. The maximum atomic E-state index is 11.3. The summed E-state index contributed by atoms with van der Waals surface area (Å²) >= 11 is 0. The van der Waals surface area contributed by atoms with E-state index in [1.54, 1.807) is 18.2 Å². The van der Waals surface area contributed by atoms with E-state index in [9.17, 15) is 10.1 Å². The van der Waals surface area contributed by atoms with Crippen LogP contribution < -0.4 is 5.32 Å². The van der Waals surface area contributed by atoms with E-state index < -0.39 is 4.92 Å². The van der Waals surface area contributed by atoms with Crippen LogP contribution in [-0.2, 0) is 0 Å². The van der Waals surface area contributed by atoms with E-state index in [4.69, 9.17) is 0 Å².